The minimum absolute atomic E-state index is 0.00664. The van der Waals surface area contributed by atoms with E-state index in [-0.39, 0.29) is 11.8 Å². The van der Waals surface area contributed by atoms with E-state index < -0.39 is 0 Å². The van der Waals surface area contributed by atoms with Gasteiger partial charge in [0, 0.05) is 45.1 Å². The van der Waals surface area contributed by atoms with Crippen molar-refractivity contribution in [1.82, 2.24) is 20.0 Å². The fourth-order valence-corrected chi connectivity index (χ4v) is 2.81. The van der Waals surface area contributed by atoms with E-state index in [1.54, 1.807) is 15.6 Å². The van der Waals surface area contributed by atoms with Gasteiger partial charge in [-0.25, -0.2) is 4.68 Å². The van der Waals surface area contributed by atoms with Gasteiger partial charge in [-0.1, -0.05) is 0 Å². The average molecular weight is 306 g/mol. The van der Waals surface area contributed by atoms with Crippen LogP contribution in [0.5, 0.6) is 5.88 Å². The van der Waals surface area contributed by atoms with Crippen LogP contribution in [0, 0.1) is 0 Å². The summed E-state index contributed by atoms with van der Waals surface area (Å²) in [4.78, 5) is 26.1. The van der Waals surface area contributed by atoms with Crippen LogP contribution in [0.4, 0.5) is 0 Å². The molecule has 7 nitrogen and oxygen atoms in total. The van der Waals surface area contributed by atoms with Crippen LogP contribution in [0.25, 0.3) is 0 Å². The maximum atomic E-state index is 12.7. The Labute approximate surface area is 129 Å². The zero-order valence-electron chi connectivity index (χ0n) is 12.7. The Bertz CT molecular complexity index is 531. The highest BCUT2D eigenvalue weighted by Gasteiger charge is 2.23. The lowest BCUT2D eigenvalue weighted by Gasteiger charge is -2.22. The van der Waals surface area contributed by atoms with Gasteiger partial charge in [-0.15, -0.1) is 0 Å². The number of nitrogens with one attached hydrogen (secondary N) is 1. The summed E-state index contributed by atoms with van der Waals surface area (Å²) in [7, 11) is 0. The number of fused-ring (bicyclic) bond motifs is 1. The van der Waals surface area contributed by atoms with Gasteiger partial charge in [-0.05, 0) is 19.3 Å². The standard InChI is InChI=1S/C15H22N4O3/c20-13-5-9-18(7-3-1-2-6-16-13)15(21)12-11-14-19(17-12)8-4-10-22-14/h11H,1-10H2,(H,16,20). The van der Waals surface area contributed by atoms with Crippen LogP contribution in [0.2, 0.25) is 0 Å². The van der Waals surface area contributed by atoms with Crippen molar-refractivity contribution in [3.8, 4) is 5.88 Å². The molecule has 7 heteroatoms. The third-order valence-corrected chi connectivity index (χ3v) is 4.05. The number of hydrogen-bond donors (Lipinski definition) is 1. The van der Waals surface area contributed by atoms with Crippen molar-refractivity contribution in [3.63, 3.8) is 0 Å². The van der Waals surface area contributed by atoms with Crippen LogP contribution >= 0.6 is 0 Å². The lowest BCUT2D eigenvalue weighted by Crippen LogP contribution is -2.37. The fraction of sp³-hybridized carbons (Fsp3) is 0.667. The molecule has 2 amide bonds. The molecule has 22 heavy (non-hydrogen) atoms. The van der Waals surface area contributed by atoms with Gasteiger partial charge in [-0.3, -0.25) is 9.59 Å². The summed E-state index contributed by atoms with van der Waals surface area (Å²) in [5.74, 6) is 0.555. The van der Waals surface area contributed by atoms with E-state index >= 15 is 0 Å². The number of nitrogens with zero attached hydrogens (tertiary/aromatic N) is 3. The van der Waals surface area contributed by atoms with Gasteiger partial charge in [0.1, 0.15) is 0 Å². The molecule has 0 atom stereocenters. The molecule has 2 aliphatic heterocycles. The molecular formula is C15H22N4O3. The molecule has 2 aliphatic rings. The number of aryl methyl sites for hydroxylation is 1. The summed E-state index contributed by atoms with van der Waals surface area (Å²) < 4.78 is 7.25. The molecule has 0 aliphatic carbocycles. The number of hydrogen-bond acceptors (Lipinski definition) is 4. The predicted octanol–water partition coefficient (Wildman–Crippen LogP) is 0.798. The zero-order chi connectivity index (χ0) is 15.4. The molecule has 1 saturated heterocycles. The van der Waals surface area contributed by atoms with Crippen molar-refractivity contribution in [1.29, 1.82) is 0 Å². The largest absolute Gasteiger partial charge is 0.478 e. The minimum Gasteiger partial charge on any atom is -0.478 e. The Morgan fingerprint density at radius 1 is 1.18 bits per heavy atom. The quantitative estimate of drug-likeness (QED) is 0.832. The highest BCUT2D eigenvalue weighted by atomic mass is 16.5. The third-order valence-electron chi connectivity index (χ3n) is 4.05. The first-order chi connectivity index (χ1) is 10.7. The van der Waals surface area contributed by atoms with Crippen LogP contribution in [0.1, 0.15) is 42.6 Å². The summed E-state index contributed by atoms with van der Waals surface area (Å²) in [6, 6.07) is 1.71. The van der Waals surface area contributed by atoms with Crippen molar-refractivity contribution in [2.45, 2.75) is 38.6 Å². The van der Waals surface area contributed by atoms with Crippen molar-refractivity contribution in [2.24, 2.45) is 0 Å². The molecule has 120 valence electrons. The molecule has 0 bridgehead atoms. The maximum absolute atomic E-state index is 12.7. The topological polar surface area (TPSA) is 76.5 Å². The molecule has 0 unspecified atom stereocenters. The molecular weight excluding hydrogens is 284 g/mol. The number of carbonyl (C=O) groups excluding carboxylic acids is 2. The Kier molecular flexibility index (Phi) is 4.60. The molecule has 1 N–H and O–H groups in total. The van der Waals surface area contributed by atoms with E-state index in [0.29, 0.717) is 37.7 Å². The van der Waals surface area contributed by atoms with Gasteiger partial charge in [0.15, 0.2) is 5.69 Å². The number of aromatic nitrogens is 2. The van der Waals surface area contributed by atoms with E-state index in [1.165, 1.54) is 0 Å². The zero-order valence-corrected chi connectivity index (χ0v) is 12.7. The first kappa shape index (κ1) is 14.9. The monoisotopic (exact) mass is 306 g/mol. The van der Waals surface area contributed by atoms with Gasteiger partial charge in [-0.2, -0.15) is 5.10 Å². The Balaban J connectivity index is 1.70. The van der Waals surface area contributed by atoms with Crippen LogP contribution < -0.4 is 10.1 Å². The van der Waals surface area contributed by atoms with E-state index in [2.05, 4.69) is 10.4 Å². The maximum Gasteiger partial charge on any atom is 0.274 e. The molecule has 0 saturated carbocycles. The Morgan fingerprint density at radius 2 is 2.09 bits per heavy atom. The van der Waals surface area contributed by atoms with Crippen molar-refractivity contribution in [3.05, 3.63) is 11.8 Å². The van der Waals surface area contributed by atoms with E-state index in [0.717, 1.165) is 38.8 Å². The summed E-state index contributed by atoms with van der Waals surface area (Å²) >= 11 is 0. The molecule has 0 aromatic carbocycles. The second-order valence-corrected chi connectivity index (χ2v) is 5.75. The summed E-state index contributed by atoms with van der Waals surface area (Å²) in [6.07, 6.45) is 4.17. The van der Waals surface area contributed by atoms with E-state index in [4.69, 9.17) is 4.74 Å². The molecule has 0 spiro atoms. The normalized spacial score (nSPS) is 19.8. The number of ether oxygens (including phenoxy) is 1. The number of amides is 2. The van der Waals surface area contributed by atoms with Gasteiger partial charge in [0.2, 0.25) is 11.8 Å². The fourth-order valence-electron chi connectivity index (χ4n) is 2.81. The molecule has 1 aromatic rings. The van der Waals surface area contributed by atoms with Gasteiger partial charge in [0.05, 0.1) is 6.61 Å². The van der Waals surface area contributed by atoms with E-state index in [9.17, 15) is 9.59 Å². The second kappa shape index (κ2) is 6.81. The van der Waals surface area contributed by atoms with Crippen molar-refractivity contribution < 1.29 is 14.3 Å². The van der Waals surface area contributed by atoms with Gasteiger partial charge >= 0.3 is 0 Å². The van der Waals surface area contributed by atoms with Crippen LogP contribution in [0.3, 0.4) is 0 Å². The lowest BCUT2D eigenvalue weighted by molar-refractivity contribution is -0.121. The SMILES string of the molecule is O=C1CCN(C(=O)c2cc3n(n2)CCCO3)CCCCCN1. The number of carbonyl (C=O) groups is 2. The van der Waals surface area contributed by atoms with Crippen LogP contribution in [-0.2, 0) is 11.3 Å². The van der Waals surface area contributed by atoms with Crippen LogP contribution in [-0.4, -0.2) is 52.7 Å². The smallest absolute Gasteiger partial charge is 0.274 e. The Hall–Kier alpha value is -2.05. The lowest BCUT2D eigenvalue weighted by atomic mass is 10.2. The third kappa shape index (κ3) is 3.40. The Morgan fingerprint density at radius 3 is 2.95 bits per heavy atom. The summed E-state index contributed by atoms with van der Waals surface area (Å²) in [6.45, 7) is 3.30. The highest BCUT2D eigenvalue weighted by Crippen LogP contribution is 2.19. The van der Waals surface area contributed by atoms with Crippen molar-refractivity contribution in [2.75, 3.05) is 26.2 Å². The van der Waals surface area contributed by atoms with Gasteiger partial charge < -0.3 is 15.0 Å². The molecule has 3 rings (SSSR count). The summed E-state index contributed by atoms with van der Waals surface area (Å²) in [5, 5.41) is 7.22. The highest BCUT2D eigenvalue weighted by molar-refractivity contribution is 5.93. The molecule has 1 aromatic heterocycles. The second-order valence-electron chi connectivity index (χ2n) is 5.75. The number of rotatable bonds is 1. The van der Waals surface area contributed by atoms with E-state index in [1.807, 2.05) is 0 Å². The molecule has 1 fully saturated rings. The van der Waals surface area contributed by atoms with Crippen molar-refractivity contribution >= 4 is 11.8 Å². The predicted molar refractivity (Wildman–Crippen MR) is 79.7 cm³/mol. The molecule has 0 radical (unpaired) electrons. The first-order valence-electron chi connectivity index (χ1n) is 8.01. The summed E-state index contributed by atoms with van der Waals surface area (Å²) in [5.41, 5.74) is 0.411. The average Bonchev–Trinajstić information content (AvgIpc) is 2.97. The molecule has 3 heterocycles. The van der Waals surface area contributed by atoms with Crippen LogP contribution in [0.15, 0.2) is 6.07 Å². The minimum atomic E-state index is -0.112. The first-order valence-corrected chi connectivity index (χ1v) is 8.01. The van der Waals surface area contributed by atoms with Gasteiger partial charge in [0.25, 0.3) is 5.91 Å².